The van der Waals surface area contributed by atoms with Gasteiger partial charge in [-0.2, -0.15) is 0 Å². The second kappa shape index (κ2) is 24.4. The Morgan fingerprint density at radius 2 is 1.07 bits per heavy atom. The van der Waals surface area contributed by atoms with Crippen LogP contribution in [-0.4, -0.2) is 112 Å². The van der Waals surface area contributed by atoms with Gasteiger partial charge in [0.25, 0.3) is 0 Å². The number of carboxylic acid groups (broad SMARTS) is 2. The third-order valence-corrected chi connectivity index (χ3v) is 8.54. The maximum Gasteiger partial charge on any atom is 0.326 e. The van der Waals surface area contributed by atoms with Crippen molar-refractivity contribution >= 4 is 47.4 Å². The first-order valence-electron chi connectivity index (χ1n) is 18.5. The Morgan fingerprint density at radius 1 is 0.632 bits per heavy atom. The molecule has 19 heteroatoms. The first-order valence-corrected chi connectivity index (χ1v) is 18.5. The Morgan fingerprint density at radius 3 is 1.54 bits per heavy atom. The third kappa shape index (κ3) is 17.9. The number of aliphatic carboxylic acids is 2. The lowest BCUT2D eigenvalue weighted by atomic mass is 10.0. The van der Waals surface area contributed by atoms with Crippen LogP contribution in [0.4, 0.5) is 0 Å². The summed E-state index contributed by atoms with van der Waals surface area (Å²) in [6.45, 7) is 2.94. The van der Waals surface area contributed by atoms with Crippen LogP contribution < -0.4 is 43.8 Å². The van der Waals surface area contributed by atoms with Gasteiger partial charge in [0.1, 0.15) is 36.3 Å². The first-order chi connectivity index (χ1) is 27.0. The van der Waals surface area contributed by atoms with Gasteiger partial charge < -0.3 is 59.1 Å². The molecule has 0 radical (unpaired) electrons. The van der Waals surface area contributed by atoms with Crippen molar-refractivity contribution in [2.45, 2.75) is 95.0 Å². The second-order valence-corrected chi connectivity index (χ2v) is 13.8. The van der Waals surface area contributed by atoms with E-state index in [0.717, 1.165) is 0 Å². The number of carboxylic acids is 2. The zero-order chi connectivity index (χ0) is 42.5. The molecule has 2 aromatic rings. The molecular weight excluding hydrogens is 742 g/mol. The monoisotopic (exact) mass is 797 g/mol. The quantitative estimate of drug-likeness (QED) is 0.0303. The molecule has 57 heavy (non-hydrogen) atoms. The lowest BCUT2D eigenvalue weighted by Crippen LogP contribution is -2.60. The first kappa shape index (κ1) is 47.1. The summed E-state index contributed by atoms with van der Waals surface area (Å²) in [5.74, 6) is -7.20. The molecule has 0 heterocycles. The summed E-state index contributed by atoms with van der Waals surface area (Å²) in [5, 5.41) is 41.3. The van der Waals surface area contributed by atoms with E-state index in [-0.39, 0.29) is 50.5 Å². The highest BCUT2D eigenvalue weighted by Gasteiger charge is 2.33. The number of amides is 5. The van der Waals surface area contributed by atoms with Gasteiger partial charge in [-0.25, -0.2) is 4.79 Å². The lowest BCUT2D eigenvalue weighted by molar-refractivity contribution is -0.142. The zero-order valence-corrected chi connectivity index (χ0v) is 32.1. The van der Waals surface area contributed by atoms with Gasteiger partial charge in [-0.15, -0.1) is 0 Å². The Hall–Kier alpha value is -6.08. The zero-order valence-electron chi connectivity index (χ0n) is 32.1. The van der Waals surface area contributed by atoms with Crippen molar-refractivity contribution in [3.8, 4) is 0 Å². The average molecular weight is 798 g/mol. The van der Waals surface area contributed by atoms with Crippen LogP contribution in [0.2, 0.25) is 0 Å². The number of nitrogens with two attached hydrogens (primary N) is 3. The van der Waals surface area contributed by atoms with Crippen molar-refractivity contribution in [2.75, 3.05) is 13.2 Å². The Labute approximate surface area is 330 Å². The fraction of sp³-hybridized carbons (Fsp3) is 0.474. The number of rotatable bonds is 25. The predicted octanol–water partition coefficient (Wildman–Crippen LogP) is -1.74. The molecule has 0 aromatic heterocycles. The van der Waals surface area contributed by atoms with Crippen LogP contribution in [0.15, 0.2) is 65.7 Å². The minimum atomic E-state index is -1.51. The van der Waals surface area contributed by atoms with Gasteiger partial charge in [-0.05, 0) is 42.7 Å². The molecule has 2 rings (SSSR count). The van der Waals surface area contributed by atoms with E-state index in [0.29, 0.717) is 11.1 Å². The summed E-state index contributed by atoms with van der Waals surface area (Å²) in [7, 11) is 0. The van der Waals surface area contributed by atoms with Crippen molar-refractivity contribution in [2.24, 2.45) is 28.1 Å². The van der Waals surface area contributed by atoms with Crippen molar-refractivity contribution in [1.29, 1.82) is 0 Å². The van der Waals surface area contributed by atoms with E-state index < -0.39 is 97.2 Å². The van der Waals surface area contributed by atoms with Crippen LogP contribution >= 0.6 is 0 Å². The minimum absolute atomic E-state index is 0.0434. The minimum Gasteiger partial charge on any atom is -0.481 e. The molecular formula is C38H55N9O10. The number of hydrogen-bond acceptors (Lipinski definition) is 10. The van der Waals surface area contributed by atoms with Gasteiger partial charge in [-0.1, -0.05) is 74.5 Å². The van der Waals surface area contributed by atoms with Crippen LogP contribution in [0, 0.1) is 5.92 Å². The molecule has 14 N–H and O–H groups in total. The molecule has 0 bridgehead atoms. The van der Waals surface area contributed by atoms with Crippen molar-refractivity contribution in [1.82, 2.24) is 26.6 Å². The summed E-state index contributed by atoms with van der Waals surface area (Å²) in [5.41, 5.74) is 17.7. The maximum absolute atomic E-state index is 14.1. The van der Waals surface area contributed by atoms with E-state index >= 15 is 0 Å². The number of hydrogen-bond donors (Lipinski definition) is 11. The fourth-order valence-corrected chi connectivity index (χ4v) is 5.57. The molecule has 0 spiro atoms. The molecule has 6 atom stereocenters. The molecule has 0 aliphatic heterocycles. The lowest BCUT2D eigenvalue weighted by Gasteiger charge is -2.27. The SMILES string of the molecule is CC(C)C[C@H](NC(=O)[C@@H](N)CO)C(=O)N[C@@H](CCC(=O)O)C(=O)N[C@@H](Cc1ccccc1)C(=O)N[C@@H](CCCN=C(N)N)C(=O)N[C@@H](Cc1ccccc1)C(=O)O. The molecule has 0 unspecified atom stereocenters. The van der Waals surface area contributed by atoms with Crippen LogP contribution in [0.1, 0.15) is 57.1 Å². The molecule has 2 aromatic carbocycles. The smallest absolute Gasteiger partial charge is 0.326 e. The van der Waals surface area contributed by atoms with E-state index in [2.05, 4.69) is 31.6 Å². The Balaban J connectivity index is 2.42. The van der Waals surface area contributed by atoms with Gasteiger partial charge in [0, 0.05) is 25.8 Å². The third-order valence-electron chi connectivity index (χ3n) is 8.54. The van der Waals surface area contributed by atoms with Crippen LogP contribution in [0.5, 0.6) is 0 Å². The summed E-state index contributed by atoms with van der Waals surface area (Å²) in [6.07, 6.45) is -0.890. The number of aliphatic hydroxyl groups excluding tert-OH is 1. The van der Waals surface area contributed by atoms with E-state index in [1.807, 2.05) is 0 Å². The van der Waals surface area contributed by atoms with Crippen LogP contribution in [0.25, 0.3) is 0 Å². The van der Waals surface area contributed by atoms with Gasteiger partial charge in [-0.3, -0.25) is 33.8 Å². The molecule has 19 nitrogen and oxygen atoms in total. The van der Waals surface area contributed by atoms with Gasteiger partial charge in [0.05, 0.1) is 6.61 Å². The van der Waals surface area contributed by atoms with E-state index in [9.17, 15) is 48.9 Å². The van der Waals surface area contributed by atoms with Gasteiger partial charge in [0.2, 0.25) is 29.5 Å². The van der Waals surface area contributed by atoms with Crippen LogP contribution in [-0.2, 0) is 46.4 Å². The molecule has 0 fully saturated rings. The number of aliphatic hydroxyl groups is 1. The normalized spacial score (nSPS) is 14.1. The molecule has 0 saturated heterocycles. The number of aliphatic imine (C=N–C) groups is 1. The maximum atomic E-state index is 14.1. The highest BCUT2D eigenvalue weighted by Crippen LogP contribution is 2.11. The Bertz CT molecular complexity index is 1670. The number of benzene rings is 2. The summed E-state index contributed by atoms with van der Waals surface area (Å²) in [4.78, 5) is 95.2. The second-order valence-electron chi connectivity index (χ2n) is 13.8. The predicted molar refractivity (Wildman–Crippen MR) is 209 cm³/mol. The number of guanidine groups is 1. The molecule has 312 valence electrons. The summed E-state index contributed by atoms with van der Waals surface area (Å²) < 4.78 is 0. The van der Waals surface area contributed by atoms with E-state index in [1.165, 1.54) is 0 Å². The summed E-state index contributed by atoms with van der Waals surface area (Å²) in [6, 6.07) is 8.98. The molecule has 0 aliphatic rings. The molecule has 0 saturated carbocycles. The summed E-state index contributed by atoms with van der Waals surface area (Å²) >= 11 is 0. The molecule has 0 aliphatic carbocycles. The number of nitrogens with zero attached hydrogens (tertiary/aromatic N) is 1. The Kier molecular flexibility index (Phi) is 20.2. The highest BCUT2D eigenvalue weighted by molar-refractivity contribution is 5.96. The van der Waals surface area contributed by atoms with E-state index in [4.69, 9.17) is 17.2 Å². The van der Waals surface area contributed by atoms with Crippen LogP contribution in [0.3, 0.4) is 0 Å². The average Bonchev–Trinajstić information content (AvgIpc) is 3.16. The molecule has 5 amide bonds. The van der Waals surface area contributed by atoms with Crippen molar-refractivity contribution in [3.63, 3.8) is 0 Å². The van der Waals surface area contributed by atoms with Crippen molar-refractivity contribution < 1.29 is 48.9 Å². The van der Waals surface area contributed by atoms with E-state index in [1.54, 1.807) is 74.5 Å². The fourth-order valence-electron chi connectivity index (χ4n) is 5.57. The number of carbonyl (C=O) groups excluding carboxylic acids is 5. The number of carbonyl (C=O) groups is 7. The largest absolute Gasteiger partial charge is 0.481 e. The number of nitrogens with one attached hydrogen (secondary N) is 5. The van der Waals surface area contributed by atoms with Crippen molar-refractivity contribution in [3.05, 3.63) is 71.8 Å². The standard InChI is InChI=1S/C38H55N9O10/c1-22(2)18-28(45-32(51)25(39)21-48)35(54)44-27(15-16-31(49)50)34(53)46-29(19-23-10-5-3-6-11-23)36(55)43-26(14-9-17-42-38(40)41)33(52)47-30(37(56)57)20-24-12-7-4-8-13-24/h3-8,10-13,22,25-30,48H,9,14-21,39H2,1-2H3,(H,43,55)(H,44,54)(H,45,51)(H,46,53)(H,47,52)(H,49,50)(H,56,57)(H4,40,41,42)/t25-,26-,27-,28-,29-,30-/m0/s1. The highest BCUT2D eigenvalue weighted by atomic mass is 16.4. The topological polar surface area (TPSA) is 331 Å². The van der Waals surface area contributed by atoms with Gasteiger partial charge in [0.15, 0.2) is 5.96 Å². The van der Waals surface area contributed by atoms with Gasteiger partial charge >= 0.3 is 11.9 Å².